The molecule has 1 saturated heterocycles. The summed E-state index contributed by atoms with van der Waals surface area (Å²) in [7, 11) is 0. The van der Waals surface area contributed by atoms with Gasteiger partial charge in [-0.2, -0.15) is 0 Å². The van der Waals surface area contributed by atoms with Crippen LogP contribution in [0.5, 0.6) is 0 Å². The Bertz CT molecular complexity index is 458. The first kappa shape index (κ1) is 12.9. The summed E-state index contributed by atoms with van der Waals surface area (Å²) in [5.41, 5.74) is 5.21. The minimum atomic E-state index is 0.124. The summed E-state index contributed by atoms with van der Waals surface area (Å²) >= 11 is 0. The van der Waals surface area contributed by atoms with Crippen LogP contribution >= 0.6 is 0 Å². The first-order valence-corrected chi connectivity index (χ1v) is 6.41. The van der Waals surface area contributed by atoms with Crippen molar-refractivity contribution in [3.63, 3.8) is 0 Å². The van der Waals surface area contributed by atoms with E-state index in [9.17, 15) is 4.79 Å². The monoisotopic (exact) mass is 247 g/mol. The van der Waals surface area contributed by atoms with E-state index in [2.05, 4.69) is 19.3 Å². The molecule has 2 unspecified atom stereocenters. The number of aryl methyl sites for hydroxylation is 1. The van der Waals surface area contributed by atoms with Crippen molar-refractivity contribution < 1.29 is 4.79 Å². The smallest absolute Gasteiger partial charge is 0.254 e. The lowest BCUT2D eigenvalue weighted by atomic mass is 10.1. The van der Waals surface area contributed by atoms with E-state index in [1.807, 2.05) is 30.0 Å². The Balaban J connectivity index is 2.21. The van der Waals surface area contributed by atoms with E-state index < -0.39 is 0 Å². The lowest BCUT2D eigenvalue weighted by Crippen LogP contribution is -2.34. The van der Waals surface area contributed by atoms with Crippen molar-refractivity contribution in [2.24, 2.45) is 11.8 Å². The number of nitrogens with zero attached hydrogens (tertiary/aromatic N) is 1. The number of nitrogen functional groups attached to an aromatic ring is 1. The number of carbonyl (C=O) groups excluding carboxylic acids is 1. The van der Waals surface area contributed by atoms with Crippen LogP contribution in [-0.2, 0) is 0 Å². The number of likely N-dealkylation sites (tertiary alicyclic amines) is 1. The third-order valence-corrected chi connectivity index (χ3v) is 3.67. The highest BCUT2D eigenvalue weighted by molar-refractivity contribution is 5.95. The van der Waals surface area contributed by atoms with Crippen molar-refractivity contribution in [3.8, 4) is 0 Å². The number of benzene rings is 1. The number of carbonyl (C=O) groups is 1. The Morgan fingerprint density at radius 1 is 1.44 bits per heavy atom. The quantitative estimate of drug-likeness (QED) is 0.622. The van der Waals surface area contributed by atoms with Gasteiger partial charge in [-0.05, 0) is 49.9 Å². The maximum absolute atomic E-state index is 12.4. The van der Waals surface area contributed by atoms with Gasteiger partial charge in [0.25, 0.3) is 5.91 Å². The molecule has 1 heterocycles. The summed E-state index contributed by atoms with van der Waals surface area (Å²) in [5.74, 6) is 6.11. The summed E-state index contributed by atoms with van der Waals surface area (Å²) in [6.07, 6.45) is 1.09. The molecule has 0 saturated carbocycles. The van der Waals surface area contributed by atoms with Crippen LogP contribution in [0.2, 0.25) is 0 Å². The molecule has 2 atom stereocenters. The van der Waals surface area contributed by atoms with E-state index >= 15 is 0 Å². The van der Waals surface area contributed by atoms with Crippen LogP contribution in [0.1, 0.15) is 36.2 Å². The zero-order chi connectivity index (χ0) is 13.3. The Labute approximate surface area is 108 Å². The fourth-order valence-electron chi connectivity index (χ4n) is 2.71. The van der Waals surface area contributed by atoms with E-state index in [4.69, 9.17) is 5.84 Å². The maximum atomic E-state index is 12.4. The van der Waals surface area contributed by atoms with Gasteiger partial charge >= 0.3 is 0 Å². The van der Waals surface area contributed by atoms with Crippen LogP contribution in [0.4, 0.5) is 5.69 Å². The second kappa shape index (κ2) is 4.98. The zero-order valence-corrected chi connectivity index (χ0v) is 11.2. The van der Waals surface area contributed by atoms with Crippen LogP contribution in [0.25, 0.3) is 0 Å². The predicted octanol–water partition coefficient (Wildman–Crippen LogP) is 2.15. The number of anilines is 1. The molecule has 18 heavy (non-hydrogen) atoms. The van der Waals surface area contributed by atoms with Crippen molar-refractivity contribution >= 4 is 11.6 Å². The number of hydrogen-bond acceptors (Lipinski definition) is 3. The molecular formula is C14H21N3O. The highest BCUT2D eigenvalue weighted by Gasteiger charge is 2.30. The zero-order valence-electron chi connectivity index (χ0n) is 11.2. The number of hydrogen-bond donors (Lipinski definition) is 2. The average molecular weight is 247 g/mol. The predicted molar refractivity (Wildman–Crippen MR) is 73.3 cm³/mol. The molecule has 4 nitrogen and oxygen atoms in total. The van der Waals surface area contributed by atoms with Gasteiger partial charge in [0, 0.05) is 18.2 Å². The molecule has 1 aliphatic heterocycles. The first-order chi connectivity index (χ1) is 8.52. The van der Waals surface area contributed by atoms with E-state index in [1.54, 1.807) is 0 Å². The molecule has 0 aliphatic carbocycles. The SMILES string of the molecule is Cc1cc(C(=O)N2CC(C)CC2C)ccc1NN. The standard InChI is InChI=1S/C14H21N3O/c1-9-6-11(3)17(8-9)14(18)12-4-5-13(16-15)10(2)7-12/h4-5,7,9,11,16H,6,8,15H2,1-3H3. The maximum Gasteiger partial charge on any atom is 0.254 e. The Morgan fingerprint density at radius 2 is 2.17 bits per heavy atom. The van der Waals surface area contributed by atoms with Crippen LogP contribution in [0, 0.1) is 12.8 Å². The number of hydrazine groups is 1. The van der Waals surface area contributed by atoms with Crippen molar-refractivity contribution in [2.75, 3.05) is 12.0 Å². The molecule has 1 fully saturated rings. The molecule has 4 heteroatoms. The van der Waals surface area contributed by atoms with E-state index in [0.29, 0.717) is 12.0 Å². The van der Waals surface area contributed by atoms with Crippen molar-refractivity contribution in [3.05, 3.63) is 29.3 Å². The number of nitrogens with two attached hydrogens (primary N) is 1. The number of amides is 1. The van der Waals surface area contributed by atoms with E-state index in [1.165, 1.54) is 0 Å². The van der Waals surface area contributed by atoms with Crippen LogP contribution in [0.3, 0.4) is 0 Å². The fraction of sp³-hybridized carbons (Fsp3) is 0.500. The molecule has 0 radical (unpaired) electrons. The van der Waals surface area contributed by atoms with Crippen LogP contribution in [0.15, 0.2) is 18.2 Å². The van der Waals surface area contributed by atoms with Gasteiger partial charge in [0.05, 0.1) is 5.69 Å². The molecule has 1 amide bonds. The number of nitrogens with one attached hydrogen (secondary N) is 1. The molecule has 1 aromatic carbocycles. The third-order valence-electron chi connectivity index (χ3n) is 3.67. The van der Waals surface area contributed by atoms with Gasteiger partial charge in [0.2, 0.25) is 0 Å². The van der Waals surface area contributed by atoms with Crippen molar-refractivity contribution in [1.29, 1.82) is 0 Å². The van der Waals surface area contributed by atoms with Gasteiger partial charge < -0.3 is 10.3 Å². The summed E-state index contributed by atoms with van der Waals surface area (Å²) in [4.78, 5) is 14.4. The van der Waals surface area contributed by atoms with Crippen LogP contribution in [-0.4, -0.2) is 23.4 Å². The average Bonchev–Trinajstić information content (AvgIpc) is 2.67. The van der Waals surface area contributed by atoms with E-state index in [-0.39, 0.29) is 5.91 Å². The summed E-state index contributed by atoms with van der Waals surface area (Å²) in [6.45, 7) is 7.11. The lowest BCUT2D eigenvalue weighted by molar-refractivity contribution is 0.0743. The van der Waals surface area contributed by atoms with Gasteiger partial charge in [-0.1, -0.05) is 6.92 Å². The second-order valence-corrected chi connectivity index (χ2v) is 5.32. The number of rotatable bonds is 2. The lowest BCUT2D eigenvalue weighted by Gasteiger charge is -2.22. The highest BCUT2D eigenvalue weighted by Crippen LogP contribution is 2.25. The molecule has 0 spiro atoms. The Kier molecular flexibility index (Phi) is 3.57. The molecular weight excluding hydrogens is 226 g/mol. The van der Waals surface area contributed by atoms with Crippen molar-refractivity contribution in [2.45, 2.75) is 33.2 Å². The van der Waals surface area contributed by atoms with Gasteiger partial charge in [0.1, 0.15) is 0 Å². The second-order valence-electron chi connectivity index (χ2n) is 5.32. The molecule has 98 valence electrons. The minimum Gasteiger partial charge on any atom is -0.336 e. The highest BCUT2D eigenvalue weighted by atomic mass is 16.2. The topological polar surface area (TPSA) is 58.4 Å². The summed E-state index contributed by atoms with van der Waals surface area (Å²) in [6, 6.07) is 5.92. The van der Waals surface area contributed by atoms with Gasteiger partial charge in [-0.15, -0.1) is 0 Å². The van der Waals surface area contributed by atoms with Gasteiger partial charge in [-0.3, -0.25) is 10.6 Å². The molecule has 0 aromatic heterocycles. The molecule has 2 rings (SSSR count). The normalized spacial score (nSPS) is 23.2. The molecule has 1 aliphatic rings. The molecule has 0 bridgehead atoms. The molecule has 1 aromatic rings. The largest absolute Gasteiger partial charge is 0.336 e. The summed E-state index contributed by atoms with van der Waals surface area (Å²) in [5, 5.41) is 0. The minimum absolute atomic E-state index is 0.124. The first-order valence-electron chi connectivity index (χ1n) is 6.41. The van der Waals surface area contributed by atoms with Gasteiger partial charge in [-0.25, -0.2) is 0 Å². The van der Waals surface area contributed by atoms with E-state index in [0.717, 1.165) is 29.8 Å². The Morgan fingerprint density at radius 3 is 2.67 bits per heavy atom. The summed E-state index contributed by atoms with van der Waals surface area (Å²) < 4.78 is 0. The fourth-order valence-corrected chi connectivity index (χ4v) is 2.71. The van der Waals surface area contributed by atoms with Gasteiger partial charge in [0.15, 0.2) is 0 Å². The van der Waals surface area contributed by atoms with Crippen molar-refractivity contribution in [1.82, 2.24) is 4.90 Å². The molecule has 3 N–H and O–H groups in total. The third kappa shape index (κ3) is 2.34. The Hall–Kier alpha value is -1.55. The van der Waals surface area contributed by atoms with Crippen LogP contribution < -0.4 is 11.3 Å².